The summed E-state index contributed by atoms with van der Waals surface area (Å²) >= 11 is 0. The van der Waals surface area contributed by atoms with Crippen molar-refractivity contribution in [1.29, 1.82) is 0 Å². The lowest BCUT2D eigenvalue weighted by Crippen LogP contribution is -2.43. The minimum absolute atomic E-state index is 0.137. The van der Waals surface area contributed by atoms with Crippen LogP contribution in [0.15, 0.2) is 42.7 Å². The Balaban J connectivity index is 1.22. The molecule has 188 valence electrons. The van der Waals surface area contributed by atoms with Gasteiger partial charge in [0.2, 0.25) is 11.8 Å². The smallest absolute Gasteiger partial charge is 0.237 e. The van der Waals surface area contributed by atoms with E-state index in [2.05, 4.69) is 20.9 Å². The van der Waals surface area contributed by atoms with Crippen LogP contribution < -0.4 is 9.64 Å². The number of benzene rings is 1. The third-order valence-electron chi connectivity index (χ3n) is 7.90. The summed E-state index contributed by atoms with van der Waals surface area (Å²) in [4.78, 5) is 26.4. The number of nitrogens with zero attached hydrogens (tertiary/aromatic N) is 4. The number of hydrogen-bond donors (Lipinski definition) is 0. The molecule has 1 amide bonds. The minimum Gasteiger partial charge on any atom is -0.478 e. The van der Waals surface area contributed by atoms with Gasteiger partial charge in [0.1, 0.15) is 6.17 Å². The van der Waals surface area contributed by atoms with Crippen molar-refractivity contribution in [2.24, 2.45) is 0 Å². The van der Waals surface area contributed by atoms with Crippen LogP contribution in [0.4, 0.5) is 10.1 Å². The molecule has 6 rings (SSSR count). The Hall–Kier alpha value is -3.10. The first-order valence-electron chi connectivity index (χ1n) is 12.8. The zero-order valence-corrected chi connectivity index (χ0v) is 20.6. The van der Waals surface area contributed by atoms with Crippen LogP contribution >= 0.6 is 0 Å². The SMILES string of the molecule is CN1C(=O)C2(CCOCC2)c2c1cnc1ccc(-c3ccc(OCCCN4CC[C@H](F)C4)nc3)cc21. The average Bonchev–Trinajstić information content (AvgIpc) is 3.42. The van der Waals surface area contributed by atoms with Gasteiger partial charge in [-0.05, 0) is 49.4 Å². The molecule has 3 aliphatic heterocycles. The molecule has 0 N–H and O–H groups in total. The van der Waals surface area contributed by atoms with Crippen LogP contribution in [0.5, 0.6) is 5.88 Å². The number of amides is 1. The number of fused-ring (bicyclic) bond motifs is 4. The number of ether oxygens (including phenoxy) is 2. The van der Waals surface area contributed by atoms with Gasteiger partial charge in [0.05, 0.1) is 29.4 Å². The fourth-order valence-electron chi connectivity index (χ4n) is 5.93. The summed E-state index contributed by atoms with van der Waals surface area (Å²) < 4.78 is 24.7. The van der Waals surface area contributed by atoms with Gasteiger partial charge < -0.3 is 19.3 Å². The van der Waals surface area contributed by atoms with E-state index in [1.165, 1.54) is 0 Å². The van der Waals surface area contributed by atoms with E-state index in [0.717, 1.165) is 52.8 Å². The average molecular weight is 491 g/mol. The molecular formula is C28H31FN4O3. The Kier molecular flexibility index (Phi) is 6.09. The molecule has 0 radical (unpaired) electrons. The van der Waals surface area contributed by atoms with Crippen molar-refractivity contribution in [2.45, 2.75) is 37.3 Å². The van der Waals surface area contributed by atoms with Gasteiger partial charge in [-0.3, -0.25) is 9.78 Å². The molecule has 0 unspecified atom stereocenters. The zero-order chi connectivity index (χ0) is 24.7. The van der Waals surface area contributed by atoms with Crippen LogP contribution in [0.25, 0.3) is 22.0 Å². The van der Waals surface area contributed by atoms with E-state index in [9.17, 15) is 9.18 Å². The zero-order valence-electron chi connectivity index (χ0n) is 20.6. The summed E-state index contributed by atoms with van der Waals surface area (Å²) in [5, 5.41) is 1.02. The number of halogens is 1. The van der Waals surface area contributed by atoms with Crippen molar-refractivity contribution >= 4 is 22.5 Å². The number of carbonyl (C=O) groups excluding carboxylic acids is 1. The van der Waals surface area contributed by atoms with E-state index in [-0.39, 0.29) is 5.91 Å². The normalized spacial score (nSPS) is 21.4. The number of alkyl halides is 1. The maximum atomic E-state index is 13.4. The number of likely N-dealkylation sites (tertiary alicyclic amines) is 1. The Morgan fingerprint density at radius 3 is 2.72 bits per heavy atom. The monoisotopic (exact) mass is 490 g/mol. The fourth-order valence-corrected chi connectivity index (χ4v) is 5.93. The van der Waals surface area contributed by atoms with Gasteiger partial charge in [-0.25, -0.2) is 9.37 Å². The van der Waals surface area contributed by atoms with Crippen molar-refractivity contribution in [3.8, 4) is 17.0 Å². The highest BCUT2D eigenvalue weighted by Crippen LogP contribution is 2.50. The topological polar surface area (TPSA) is 67.8 Å². The van der Waals surface area contributed by atoms with Crippen molar-refractivity contribution in [3.63, 3.8) is 0 Å². The summed E-state index contributed by atoms with van der Waals surface area (Å²) in [6.45, 7) is 3.94. The van der Waals surface area contributed by atoms with Crippen molar-refractivity contribution in [1.82, 2.24) is 14.9 Å². The number of pyridine rings is 2. The van der Waals surface area contributed by atoms with Crippen molar-refractivity contribution < 1.29 is 18.7 Å². The third kappa shape index (κ3) is 4.02. The second-order valence-corrected chi connectivity index (χ2v) is 10.1. The molecule has 2 saturated heterocycles. The first-order valence-corrected chi connectivity index (χ1v) is 12.8. The fraction of sp³-hybridized carbons (Fsp3) is 0.464. The van der Waals surface area contributed by atoms with E-state index < -0.39 is 11.6 Å². The van der Waals surface area contributed by atoms with Crippen LogP contribution in [-0.2, 0) is 14.9 Å². The lowest BCUT2D eigenvalue weighted by Gasteiger charge is -2.32. The Labute approximate surface area is 210 Å². The van der Waals surface area contributed by atoms with E-state index in [1.807, 2.05) is 43.7 Å². The number of hydrogen-bond acceptors (Lipinski definition) is 6. The van der Waals surface area contributed by atoms with E-state index in [4.69, 9.17) is 9.47 Å². The lowest BCUT2D eigenvalue weighted by molar-refractivity contribution is -0.126. The Bertz CT molecular complexity index is 1280. The first-order chi connectivity index (χ1) is 17.5. The predicted molar refractivity (Wildman–Crippen MR) is 136 cm³/mol. The van der Waals surface area contributed by atoms with Crippen molar-refractivity contribution in [2.75, 3.05) is 51.4 Å². The quantitative estimate of drug-likeness (QED) is 0.484. The van der Waals surface area contributed by atoms with E-state index >= 15 is 0 Å². The van der Waals surface area contributed by atoms with E-state index in [1.54, 1.807) is 4.90 Å². The molecule has 2 fully saturated rings. The van der Waals surface area contributed by atoms with Gasteiger partial charge in [0.15, 0.2) is 0 Å². The summed E-state index contributed by atoms with van der Waals surface area (Å²) in [7, 11) is 1.84. The lowest BCUT2D eigenvalue weighted by atomic mass is 9.74. The molecule has 0 bridgehead atoms. The molecule has 5 heterocycles. The highest BCUT2D eigenvalue weighted by molar-refractivity contribution is 6.12. The number of carbonyl (C=O) groups is 1. The predicted octanol–water partition coefficient (Wildman–Crippen LogP) is 4.13. The van der Waals surface area contributed by atoms with Crippen LogP contribution in [0, 0.1) is 0 Å². The van der Waals surface area contributed by atoms with Crippen LogP contribution in [-0.4, -0.2) is 73.4 Å². The standard InChI is InChI=1S/C28H31FN4O3/c1-32-24-17-30-23-5-3-19(15-22(23)26(24)28(27(32)34)8-13-35-14-9-28)20-4-6-25(31-16-20)36-12-2-10-33-11-7-21(29)18-33/h3-6,15-17,21H,2,7-14,18H2,1H3/t21-/m0/s1. The minimum atomic E-state index is -0.685. The molecule has 3 aromatic rings. The van der Waals surface area contributed by atoms with Gasteiger partial charge in [0, 0.05) is 68.7 Å². The molecular weight excluding hydrogens is 459 g/mol. The van der Waals surface area contributed by atoms with Crippen LogP contribution in [0.2, 0.25) is 0 Å². The molecule has 1 aromatic carbocycles. The number of anilines is 1. The maximum absolute atomic E-state index is 13.4. The molecule has 7 nitrogen and oxygen atoms in total. The number of aromatic nitrogens is 2. The first kappa shape index (κ1) is 23.3. The second kappa shape index (κ2) is 9.41. The van der Waals surface area contributed by atoms with Gasteiger partial charge in [-0.15, -0.1) is 0 Å². The van der Waals surface area contributed by atoms with Crippen LogP contribution in [0.3, 0.4) is 0 Å². The molecule has 2 aromatic heterocycles. The largest absolute Gasteiger partial charge is 0.478 e. The molecule has 3 aliphatic rings. The highest BCUT2D eigenvalue weighted by atomic mass is 19.1. The van der Waals surface area contributed by atoms with Gasteiger partial charge in [-0.1, -0.05) is 6.07 Å². The number of rotatable bonds is 6. The molecule has 8 heteroatoms. The third-order valence-corrected chi connectivity index (χ3v) is 7.90. The Morgan fingerprint density at radius 2 is 1.97 bits per heavy atom. The summed E-state index contributed by atoms with van der Waals surface area (Å²) in [6, 6.07) is 10.1. The molecule has 0 aliphatic carbocycles. The summed E-state index contributed by atoms with van der Waals surface area (Å²) in [6.07, 6.45) is 5.82. The van der Waals surface area contributed by atoms with Gasteiger partial charge in [0.25, 0.3) is 0 Å². The molecule has 1 spiro atoms. The molecule has 0 saturated carbocycles. The van der Waals surface area contributed by atoms with Crippen LogP contribution in [0.1, 0.15) is 31.2 Å². The van der Waals surface area contributed by atoms with Gasteiger partial charge in [-0.2, -0.15) is 0 Å². The summed E-state index contributed by atoms with van der Waals surface area (Å²) in [5.74, 6) is 0.721. The van der Waals surface area contributed by atoms with E-state index in [0.29, 0.717) is 51.5 Å². The second-order valence-electron chi connectivity index (χ2n) is 10.1. The molecule has 1 atom stereocenters. The molecule has 36 heavy (non-hydrogen) atoms. The van der Waals surface area contributed by atoms with Crippen molar-refractivity contribution in [3.05, 3.63) is 48.3 Å². The highest BCUT2D eigenvalue weighted by Gasteiger charge is 2.51. The summed E-state index contributed by atoms with van der Waals surface area (Å²) in [5.41, 5.74) is 4.32. The number of likely N-dealkylation sites (N-methyl/N-ethyl adjacent to an activating group) is 1. The Morgan fingerprint density at radius 1 is 1.14 bits per heavy atom. The van der Waals surface area contributed by atoms with Gasteiger partial charge >= 0.3 is 0 Å². The maximum Gasteiger partial charge on any atom is 0.237 e.